The Morgan fingerprint density at radius 1 is 1.25 bits per heavy atom. The number of aromatic nitrogens is 2. The third-order valence-electron chi connectivity index (χ3n) is 4.43. The molecule has 1 aromatic carbocycles. The van der Waals surface area contributed by atoms with E-state index >= 15 is 0 Å². The maximum absolute atomic E-state index is 11.5. The lowest BCUT2D eigenvalue weighted by Gasteiger charge is -2.32. The molecule has 0 amide bonds. The molecule has 0 unspecified atom stereocenters. The Morgan fingerprint density at radius 3 is 2.50 bits per heavy atom. The van der Waals surface area contributed by atoms with Crippen LogP contribution in [0.5, 0.6) is 5.75 Å². The molecule has 126 valence electrons. The zero-order chi connectivity index (χ0) is 17.1. The Morgan fingerprint density at radius 2 is 1.92 bits per heavy atom. The third kappa shape index (κ3) is 3.32. The highest BCUT2D eigenvalue weighted by atomic mass is 16.5. The second-order valence-electron chi connectivity index (χ2n) is 6.13. The number of nitrogens with zero attached hydrogens (tertiary/aromatic N) is 3. The van der Waals surface area contributed by atoms with Crippen molar-refractivity contribution in [3.63, 3.8) is 0 Å². The van der Waals surface area contributed by atoms with Crippen LogP contribution in [0.3, 0.4) is 0 Å². The van der Waals surface area contributed by atoms with E-state index in [1.54, 1.807) is 7.11 Å². The van der Waals surface area contributed by atoms with Crippen LogP contribution in [0.15, 0.2) is 30.5 Å². The average molecular weight is 327 g/mol. The molecular formula is C18H21N3O3. The molecule has 24 heavy (non-hydrogen) atoms. The van der Waals surface area contributed by atoms with Gasteiger partial charge in [-0.2, -0.15) is 0 Å². The minimum Gasteiger partial charge on any atom is -0.497 e. The molecular weight excluding hydrogens is 306 g/mol. The van der Waals surface area contributed by atoms with E-state index in [9.17, 15) is 9.90 Å². The second-order valence-corrected chi connectivity index (χ2v) is 6.13. The molecule has 6 heteroatoms. The first-order valence-corrected chi connectivity index (χ1v) is 8.08. The summed E-state index contributed by atoms with van der Waals surface area (Å²) in [6, 6.07) is 7.42. The van der Waals surface area contributed by atoms with Crippen LogP contribution in [0, 0.1) is 5.92 Å². The van der Waals surface area contributed by atoms with E-state index in [4.69, 9.17) is 4.74 Å². The minimum atomic E-state index is -0.995. The van der Waals surface area contributed by atoms with Gasteiger partial charge in [0, 0.05) is 24.8 Å². The van der Waals surface area contributed by atoms with Crippen molar-refractivity contribution in [1.82, 2.24) is 9.97 Å². The Hall–Kier alpha value is -2.63. The van der Waals surface area contributed by atoms with Crippen molar-refractivity contribution >= 4 is 11.8 Å². The topological polar surface area (TPSA) is 75.6 Å². The summed E-state index contributed by atoms with van der Waals surface area (Å²) in [5.41, 5.74) is 0.987. The van der Waals surface area contributed by atoms with Crippen LogP contribution in [0.1, 0.15) is 30.1 Å². The molecule has 1 N–H and O–H groups in total. The van der Waals surface area contributed by atoms with E-state index in [0.29, 0.717) is 17.6 Å². The van der Waals surface area contributed by atoms with Gasteiger partial charge in [0.1, 0.15) is 17.1 Å². The van der Waals surface area contributed by atoms with Crippen LogP contribution in [-0.2, 0) is 0 Å². The highest BCUT2D eigenvalue weighted by molar-refractivity contribution is 5.93. The van der Waals surface area contributed by atoms with Crippen LogP contribution in [0.25, 0.3) is 11.4 Å². The smallest absolute Gasteiger partial charge is 0.341 e. The Labute approximate surface area is 141 Å². The molecule has 0 saturated carbocycles. The zero-order valence-electron chi connectivity index (χ0n) is 13.9. The van der Waals surface area contributed by atoms with E-state index in [1.165, 1.54) is 6.20 Å². The van der Waals surface area contributed by atoms with Gasteiger partial charge in [-0.15, -0.1) is 0 Å². The summed E-state index contributed by atoms with van der Waals surface area (Å²) in [6.07, 6.45) is 3.49. The van der Waals surface area contributed by atoms with Gasteiger partial charge in [0.2, 0.25) is 0 Å². The number of carboxylic acids is 1. The van der Waals surface area contributed by atoms with E-state index in [0.717, 1.165) is 37.2 Å². The Kier molecular flexibility index (Phi) is 4.64. The fourth-order valence-corrected chi connectivity index (χ4v) is 2.86. The number of methoxy groups -OCH3 is 1. The highest BCUT2D eigenvalue weighted by Crippen LogP contribution is 2.27. The second kappa shape index (κ2) is 6.86. The number of ether oxygens (including phenoxy) is 1. The first-order chi connectivity index (χ1) is 11.6. The van der Waals surface area contributed by atoms with Crippen molar-refractivity contribution in [3.05, 3.63) is 36.0 Å². The molecule has 1 fully saturated rings. The summed E-state index contributed by atoms with van der Waals surface area (Å²) in [6.45, 7) is 3.86. The Balaban J connectivity index is 1.97. The lowest BCUT2D eigenvalue weighted by atomic mass is 9.99. The SMILES string of the molecule is COc1ccc(-c2ncc(C(=O)O)c(N3CCC(C)CC3)n2)cc1. The summed E-state index contributed by atoms with van der Waals surface area (Å²) in [5.74, 6) is 1.46. The van der Waals surface area contributed by atoms with Gasteiger partial charge in [0.05, 0.1) is 7.11 Å². The van der Waals surface area contributed by atoms with Crippen molar-refractivity contribution in [3.8, 4) is 17.1 Å². The Bertz CT molecular complexity index is 723. The minimum absolute atomic E-state index is 0.154. The maximum Gasteiger partial charge on any atom is 0.341 e. The largest absolute Gasteiger partial charge is 0.497 e. The van der Waals surface area contributed by atoms with Crippen LogP contribution in [-0.4, -0.2) is 41.2 Å². The average Bonchev–Trinajstić information content (AvgIpc) is 2.62. The fraction of sp³-hybridized carbons (Fsp3) is 0.389. The van der Waals surface area contributed by atoms with Crippen molar-refractivity contribution in [2.45, 2.75) is 19.8 Å². The van der Waals surface area contributed by atoms with Gasteiger partial charge >= 0.3 is 5.97 Å². The van der Waals surface area contributed by atoms with E-state index in [1.807, 2.05) is 24.3 Å². The lowest BCUT2D eigenvalue weighted by Crippen LogP contribution is -2.34. The number of anilines is 1. The summed E-state index contributed by atoms with van der Waals surface area (Å²) in [5, 5.41) is 9.45. The molecule has 0 bridgehead atoms. The monoisotopic (exact) mass is 327 g/mol. The van der Waals surface area contributed by atoms with E-state index in [-0.39, 0.29) is 5.56 Å². The number of carbonyl (C=O) groups is 1. The first-order valence-electron chi connectivity index (χ1n) is 8.08. The molecule has 1 aliphatic heterocycles. The van der Waals surface area contributed by atoms with Gasteiger partial charge in [-0.1, -0.05) is 6.92 Å². The van der Waals surface area contributed by atoms with Gasteiger partial charge in [-0.25, -0.2) is 14.8 Å². The van der Waals surface area contributed by atoms with Crippen molar-refractivity contribution in [2.75, 3.05) is 25.1 Å². The molecule has 0 aliphatic carbocycles. The maximum atomic E-state index is 11.5. The number of rotatable bonds is 4. The van der Waals surface area contributed by atoms with Crippen LogP contribution in [0.2, 0.25) is 0 Å². The predicted octanol–water partition coefficient (Wildman–Crippen LogP) is 3.09. The van der Waals surface area contributed by atoms with Crippen LogP contribution >= 0.6 is 0 Å². The fourth-order valence-electron chi connectivity index (χ4n) is 2.86. The quantitative estimate of drug-likeness (QED) is 0.930. The molecule has 0 atom stereocenters. The molecule has 0 radical (unpaired) electrons. The van der Waals surface area contributed by atoms with Crippen molar-refractivity contribution in [1.29, 1.82) is 0 Å². The molecule has 0 spiro atoms. The van der Waals surface area contributed by atoms with Crippen LogP contribution in [0.4, 0.5) is 5.82 Å². The summed E-state index contributed by atoms with van der Waals surface area (Å²) in [7, 11) is 1.61. The van der Waals surface area contributed by atoms with Gasteiger partial charge in [-0.3, -0.25) is 0 Å². The third-order valence-corrected chi connectivity index (χ3v) is 4.43. The molecule has 6 nitrogen and oxygen atoms in total. The summed E-state index contributed by atoms with van der Waals surface area (Å²) < 4.78 is 5.16. The number of benzene rings is 1. The first kappa shape index (κ1) is 16.2. The zero-order valence-corrected chi connectivity index (χ0v) is 13.9. The number of aromatic carboxylic acids is 1. The molecule has 2 aromatic rings. The highest BCUT2D eigenvalue weighted by Gasteiger charge is 2.23. The summed E-state index contributed by atoms with van der Waals surface area (Å²) >= 11 is 0. The standard InChI is InChI=1S/C18H21N3O3/c1-12-7-9-21(10-8-12)17-15(18(22)23)11-19-16(20-17)13-3-5-14(24-2)6-4-13/h3-6,11-12H,7-10H2,1-2H3,(H,22,23). The van der Waals surface area contributed by atoms with Crippen molar-refractivity contribution in [2.24, 2.45) is 5.92 Å². The molecule has 1 saturated heterocycles. The summed E-state index contributed by atoms with van der Waals surface area (Å²) in [4.78, 5) is 22.4. The number of piperidine rings is 1. The van der Waals surface area contributed by atoms with Gasteiger partial charge in [0.25, 0.3) is 0 Å². The molecule has 3 rings (SSSR count). The van der Waals surface area contributed by atoms with Crippen molar-refractivity contribution < 1.29 is 14.6 Å². The van der Waals surface area contributed by atoms with E-state index < -0.39 is 5.97 Å². The molecule has 2 heterocycles. The number of hydrogen-bond acceptors (Lipinski definition) is 5. The molecule has 1 aliphatic rings. The van der Waals surface area contributed by atoms with Gasteiger partial charge < -0.3 is 14.7 Å². The number of carboxylic acid groups (broad SMARTS) is 1. The normalized spacial score (nSPS) is 15.3. The predicted molar refractivity (Wildman–Crippen MR) is 91.6 cm³/mol. The van der Waals surface area contributed by atoms with E-state index in [2.05, 4.69) is 21.8 Å². The lowest BCUT2D eigenvalue weighted by molar-refractivity contribution is 0.0696. The van der Waals surface area contributed by atoms with Crippen LogP contribution < -0.4 is 9.64 Å². The molecule has 1 aromatic heterocycles. The van der Waals surface area contributed by atoms with Gasteiger partial charge in [0.15, 0.2) is 5.82 Å². The number of hydrogen-bond donors (Lipinski definition) is 1. The van der Waals surface area contributed by atoms with Gasteiger partial charge in [-0.05, 0) is 43.0 Å².